The quantitative estimate of drug-likeness (QED) is 0.622. The summed E-state index contributed by atoms with van der Waals surface area (Å²) in [5, 5.41) is 0.453. The van der Waals surface area contributed by atoms with E-state index in [2.05, 4.69) is 9.97 Å². The number of aromatic nitrogens is 3. The third-order valence-corrected chi connectivity index (χ3v) is 2.11. The van der Waals surface area contributed by atoms with Crippen LogP contribution in [0.5, 0.6) is 0 Å². The number of fused-ring (bicyclic) bond motifs is 1. The molecule has 62 valence electrons. The van der Waals surface area contributed by atoms with Crippen molar-refractivity contribution >= 4 is 17.2 Å². The molecule has 0 amide bonds. The van der Waals surface area contributed by atoms with Crippen LogP contribution in [0.1, 0.15) is 11.4 Å². The molecule has 2 heterocycles. The molecule has 0 aliphatic rings. The summed E-state index contributed by atoms with van der Waals surface area (Å²) in [6.45, 7) is 3.97. The Bertz CT molecular complexity index is 433. The van der Waals surface area contributed by atoms with Crippen LogP contribution in [0.3, 0.4) is 0 Å². The normalized spacial score (nSPS) is 10.9. The zero-order chi connectivity index (χ0) is 8.72. The van der Waals surface area contributed by atoms with Gasteiger partial charge in [-0.25, -0.2) is 9.97 Å². The number of hydrogen-bond acceptors (Lipinski definition) is 2. The molecule has 4 heteroatoms. The van der Waals surface area contributed by atoms with E-state index in [-0.39, 0.29) is 0 Å². The van der Waals surface area contributed by atoms with Crippen molar-refractivity contribution in [2.75, 3.05) is 0 Å². The van der Waals surface area contributed by atoms with Gasteiger partial charge in [0.05, 0.1) is 0 Å². The van der Waals surface area contributed by atoms with Gasteiger partial charge in [0.25, 0.3) is 0 Å². The predicted molar refractivity (Wildman–Crippen MR) is 47.5 cm³/mol. The Morgan fingerprint density at radius 2 is 1.75 bits per heavy atom. The molecule has 0 aliphatic heterocycles. The largest absolute Gasteiger partial charge is 0.298 e. The molecule has 0 saturated heterocycles. The Labute approximate surface area is 75.0 Å². The molecule has 12 heavy (non-hydrogen) atoms. The number of imidazole rings is 1. The van der Waals surface area contributed by atoms with E-state index in [0.29, 0.717) is 5.15 Å². The highest BCUT2D eigenvalue weighted by Gasteiger charge is 2.05. The Morgan fingerprint density at radius 1 is 1.17 bits per heavy atom. The van der Waals surface area contributed by atoms with Crippen molar-refractivity contribution in [2.45, 2.75) is 13.8 Å². The fraction of sp³-hybridized carbons (Fsp3) is 0.250. The third kappa shape index (κ3) is 0.898. The molecule has 2 aromatic rings. The van der Waals surface area contributed by atoms with Crippen LogP contribution in [0.4, 0.5) is 0 Å². The van der Waals surface area contributed by atoms with Crippen molar-refractivity contribution < 1.29 is 0 Å². The Kier molecular flexibility index (Phi) is 1.54. The van der Waals surface area contributed by atoms with E-state index in [1.165, 1.54) is 0 Å². The molecule has 0 bridgehead atoms. The van der Waals surface area contributed by atoms with Gasteiger partial charge in [-0.3, -0.25) is 4.40 Å². The highest BCUT2D eigenvalue weighted by molar-refractivity contribution is 6.32. The summed E-state index contributed by atoms with van der Waals surface area (Å²) in [4.78, 5) is 8.15. The van der Waals surface area contributed by atoms with Gasteiger partial charge in [-0.2, -0.15) is 0 Å². The van der Waals surface area contributed by atoms with Crippen LogP contribution in [0, 0.1) is 13.8 Å². The summed E-state index contributed by atoms with van der Waals surface area (Å²) >= 11 is 5.85. The minimum atomic E-state index is 0.453. The van der Waals surface area contributed by atoms with Crippen molar-refractivity contribution in [1.82, 2.24) is 14.4 Å². The third-order valence-electron chi connectivity index (χ3n) is 1.84. The van der Waals surface area contributed by atoms with Gasteiger partial charge in [0.15, 0.2) is 10.8 Å². The molecule has 0 N–H and O–H groups in total. The van der Waals surface area contributed by atoms with Crippen molar-refractivity contribution in [3.8, 4) is 0 Å². The van der Waals surface area contributed by atoms with Crippen molar-refractivity contribution in [2.24, 2.45) is 0 Å². The van der Waals surface area contributed by atoms with E-state index < -0.39 is 0 Å². The topological polar surface area (TPSA) is 30.2 Å². The van der Waals surface area contributed by atoms with E-state index in [0.717, 1.165) is 17.0 Å². The smallest absolute Gasteiger partial charge is 0.175 e. The summed E-state index contributed by atoms with van der Waals surface area (Å²) < 4.78 is 1.98. The van der Waals surface area contributed by atoms with E-state index in [1.54, 1.807) is 12.4 Å². The van der Waals surface area contributed by atoms with Crippen molar-refractivity contribution in [3.05, 3.63) is 28.9 Å². The molecule has 0 fully saturated rings. The Balaban J connectivity index is 2.98. The molecule has 0 radical (unpaired) electrons. The molecule has 0 saturated carbocycles. The van der Waals surface area contributed by atoms with Crippen LogP contribution in [-0.2, 0) is 0 Å². The highest BCUT2D eigenvalue weighted by Crippen LogP contribution is 2.15. The van der Waals surface area contributed by atoms with Gasteiger partial charge >= 0.3 is 0 Å². The second-order valence-electron chi connectivity index (χ2n) is 2.75. The van der Waals surface area contributed by atoms with Gasteiger partial charge in [0.2, 0.25) is 0 Å². The van der Waals surface area contributed by atoms with Gasteiger partial charge in [-0.1, -0.05) is 11.6 Å². The first-order chi connectivity index (χ1) is 5.70. The predicted octanol–water partition coefficient (Wildman–Crippen LogP) is 2.00. The molecule has 0 unspecified atom stereocenters. The summed E-state index contributed by atoms with van der Waals surface area (Å²) in [5.74, 6) is 0. The minimum absolute atomic E-state index is 0.453. The van der Waals surface area contributed by atoms with Gasteiger partial charge in [0.1, 0.15) is 0 Å². The van der Waals surface area contributed by atoms with Crippen molar-refractivity contribution in [3.63, 3.8) is 0 Å². The lowest BCUT2D eigenvalue weighted by Gasteiger charge is -2.01. The monoisotopic (exact) mass is 181 g/mol. The fourth-order valence-corrected chi connectivity index (χ4v) is 1.48. The lowest BCUT2D eigenvalue weighted by atomic mass is 10.4. The molecule has 0 atom stereocenters. The number of nitrogens with zero attached hydrogens (tertiary/aromatic N) is 3. The molecule has 0 aliphatic carbocycles. The van der Waals surface area contributed by atoms with Crippen LogP contribution >= 0.6 is 11.6 Å². The average molecular weight is 182 g/mol. The molecule has 0 aromatic carbocycles. The second-order valence-corrected chi connectivity index (χ2v) is 3.11. The van der Waals surface area contributed by atoms with E-state index in [1.807, 2.05) is 18.2 Å². The zero-order valence-electron chi connectivity index (χ0n) is 6.87. The summed E-state index contributed by atoms with van der Waals surface area (Å²) in [5.41, 5.74) is 2.85. The number of halogens is 1. The first-order valence-electron chi connectivity index (χ1n) is 3.65. The molecular weight excluding hydrogens is 174 g/mol. The van der Waals surface area contributed by atoms with Crippen LogP contribution < -0.4 is 0 Å². The van der Waals surface area contributed by atoms with Crippen molar-refractivity contribution in [1.29, 1.82) is 0 Å². The minimum Gasteiger partial charge on any atom is -0.298 e. The van der Waals surface area contributed by atoms with Gasteiger partial charge < -0.3 is 0 Å². The maximum atomic E-state index is 5.85. The van der Waals surface area contributed by atoms with Gasteiger partial charge in [-0.05, 0) is 13.8 Å². The summed E-state index contributed by atoms with van der Waals surface area (Å²) in [6, 6.07) is 0. The van der Waals surface area contributed by atoms with E-state index >= 15 is 0 Å². The zero-order valence-corrected chi connectivity index (χ0v) is 7.63. The van der Waals surface area contributed by atoms with E-state index in [9.17, 15) is 0 Å². The summed E-state index contributed by atoms with van der Waals surface area (Å²) in [7, 11) is 0. The van der Waals surface area contributed by atoms with Crippen LogP contribution in [0.15, 0.2) is 12.4 Å². The summed E-state index contributed by atoms with van der Waals surface area (Å²) in [6.07, 6.45) is 3.53. The first-order valence-corrected chi connectivity index (χ1v) is 4.03. The van der Waals surface area contributed by atoms with Crippen LogP contribution in [0.25, 0.3) is 5.65 Å². The Hall–Kier alpha value is -1.09. The number of rotatable bonds is 0. The van der Waals surface area contributed by atoms with E-state index in [4.69, 9.17) is 11.6 Å². The average Bonchev–Trinajstić information content (AvgIpc) is 2.42. The molecule has 2 rings (SSSR count). The number of hydrogen-bond donors (Lipinski definition) is 0. The van der Waals surface area contributed by atoms with Crippen LogP contribution in [-0.4, -0.2) is 14.4 Å². The molecule has 3 nitrogen and oxygen atoms in total. The van der Waals surface area contributed by atoms with Gasteiger partial charge in [-0.15, -0.1) is 0 Å². The van der Waals surface area contributed by atoms with Crippen LogP contribution in [0.2, 0.25) is 5.15 Å². The molecule has 0 spiro atoms. The SMILES string of the molecule is Cc1cnc(Cl)c2ncc(C)n12. The second kappa shape index (κ2) is 2.45. The first kappa shape index (κ1) is 7.55. The lowest BCUT2D eigenvalue weighted by molar-refractivity contribution is 1.01. The fourth-order valence-electron chi connectivity index (χ4n) is 1.29. The standard InChI is InChI=1S/C8H8ClN3/c1-5-3-10-7(9)8-11-4-6(2)12(5)8/h3-4H,1-2H3. The lowest BCUT2D eigenvalue weighted by Crippen LogP contribution is -1.95. The maximum absolute atomic E-state index is 5.85. The van der Waals surface area contributed by atoms with Gasteiger partial charge in [0, 0.05) is 23.8 Å². The number of aryl methyl sites for hydroxylation is 2. The molecule has 2 aromatic heterocycles. The highest BCUT2D eigenvalue weighted by atomic mass is 35.5. The maximum Gasteiger partial charge on any atom is 0.175 e. The Morgan fingerprint density at radius 3 is 2.33 bits per heavy atom. The molecular formula is C8H8ClN3.